The van der Waals surface area contributed by atoms with Crippen LogP contribution in [0.5, 0.6) is 0 Å². The van der Waals surface area contributed by atoms with Gasteiger partial charge in [-0.05, 0) is 19.3 Å². The fourth-order valence-corrected chi connectivity index (χ4v) is 7.34. The Balaban J connectivity index is 0.0000176. The second-order valence-corrected chi connectivity index (χ2v) is 15.2. The monoisotopic (exact) mass is 628 g/mol. The smallest absolute Gasteiger partial charge is 0.0826 e. The van der Waals surface area contributed by atoms with Gasteiger partial charge in [0.05, 0.1) is 12.7 Å². The van der Waals surface area contributed by atoms with Crippen LogP contribution in [0.4, 0.5) is 0 Å². The van der Waals surface area contributed by atoms with Crippen LogP contribution < -0.4 is 6.15 Å². The summed E-state index contributed by atoms with van der Waals surface area (Å²) in [6, 6.07) is 0. The summed E-state index contributed by atoms with van der Waals surface area (Å²) in [7, 11) is 0. The summed E-state index contributed by atoms with van der Waals surface area (Å²) in [4.78, 5) is 0.00711. The fourth-order valence-electron chi connectivity index (χ4n) is 6.90. The topological polar surface area (TPSA) is 47.5 Å². The first-order valence-corrected chi connectivity index (χ1v) is 20.4. The summed E-state index contributed by atoms with van der Waals surface area (Å²) < 4.78 is 5.59. The van der Waals surface area contributed by atoms with E-state index in [1.807, 2.05) is 0 Å². The van der Waals surface area contributed by atoms with E-state index in [1.165, 1.54) is 218 Å². The molecule has 0 spiro atoms. The van der Waals surface area contributed by atoms with Crippen LogP contribution in [0.3, 0.4) is 0 Å². The summed E-state index contributed by atoms with van der Waals surface area (Å²) in [5.41, 5.74) is 0. The molecule has 0 aromatic heterocycles. The zero-order valence-electron chi connectivity index (χ0n) is 30.0. The molecule has 1 heterocycles. The van der Waals surface area contributed by atoms with Gasteiger partial charge in [0.2, 0.25) is 0 Å². The molecule has 2 nitrogen and oxygen atoms in total. The van der Waals surface area contributed by atoms with Gasteiger partial charge in [-0.2, -0.15) is 0 Å². The lowest BCUT2D eigenvalue weighted by molar-refractivity contribution is 0.335. The standard InChI is InChI=1S/C40H79ClO.H3N/c1-3-5-7-9-11-13-15-17-19-21-23-25-27-29-31-33-35-40(41,37-39-38-42-39)36-34-32-30-28-26-24-22-20-18-16-14-12-10-8-6-4-2;/h39H,3-38H2,1-2H3;1H3. The van der Waals surface area contributed by atoms with E-state index in [-0.39, 0.29) is 11.0 Å². The van der Waals surface area contributed by atoms with Crippen molar-refractivity contribution in [2.24, 2.45) is 0 Å². The van der Waals surface area contributed by atoms with E-state index in [2.05, 4.69) is 13.8 Å². The van der Waals surface area contributed by atoms with Gasteiger partial charge in [-0.3, -0.25) is 0 Å². The molecular formula is C40H82ClNO. The summed E-state index contributed by atoms with van der Waals surface area (Å²) in [6.45, 7) is 5.56. The molecule has 0 radical (unpaired) electrons. The molecule has 0 amide bonds. The minimum Gasteiger partial charge on any atom is -0.373 e. The number of rotatable bonds is 36. The van der Waals surface area contributed by atoms with Crippen molar-refractivity contribution in [3.63, 3.8) is 0 Å². The van der Waals surface area contributed by atoms with Crippen LogP contribution in [-0.4, -0.2) is 17.6 Å². The third-order valence-electron chi connectivity index (χ3n) is 9.95. The van der Waals surface area contributed by atoms with Crippen LogP contribution in [-0.2, 0) is 4.74 Å². The zero-order valence-corrected chi connectivity index (χ0v) is 30.8. The van der Waals surface area contributed by atoms with Crippen LogP contribution in [0.1, 0.15) is 239 Å². The first kappa shape index (κ1) is 43.2. The molecule has 260 valence electrons. The maximum Gasteiger partial charge on any atom is 0.0826 e. The Bertz CT molecular complexity index is 487. The molecule has 0 saturated carbocycles. The number of ether oxygens (including phenoxy) is 1. The van der Waals surface area contributed by atoms with Gasteiger partial charge in [-0.15, -0.1) is 11.6 Å². The zero-order chi connectivity index (χ0) is 30.2. The SMILES string of the molecule is CCCCCCCCCCCCCCCCCCC(Cl)(CCCCCCCCCCCCCCCCCC)CC1CO1.N. The molecule has 3 heteroatoms. The highest BCUT2D eigenvalue weighted by atomic mass is 35.5. The highest BCUT2D eigenvalue weighted by molar-refractivity contribution is 6.23. The Morgan fingerprint density at radius 2 is 0.628 bits per heavy atom. The predicted octanol–water partition coefficient (Wildman–Crippen LogP) is 15.2. The maximum atomic E-state index is 7.22. The molecule has 0 aromatic rings. The van der Waals surface area contributed by atoms with Crippen molar-refractivity contribution >= 4 is 11.6 Å². The van der Waals surface area contributed by atoms with Gasteiger partial charge in [0.1, 0.15) is 0 Å². The van der Waals surface area contributed by atoms with Gasteiger partial charge in [-0.1, -0.05) is 219 Å². The second-order valence-electron chi connectivity index (χ2n) is 14.4. The number of alkyl halides is 1. The van der Waals surface area contributed by atoms with Crippen molar-refractivity contribution in [2.75, 3.05) is 6.61 Å². The molecule has 3 N–H and O–H groups in total. The van der Waals surface area contributed by atoms with E-state index >= 15 is 0 Å². The van der Waals surface area contributed by atoms with Gasteiger partial charge in [0, 0.05) is 4.87 Å². The molecule has 0 aromatic carbocycles. The molecule has 1 aliphatic heterocycles. The molecule has 43 heavy (non-hydrogen) atoms. The second kappa shape index (κ2) is 33.6. The van der Waals surface area contributed by atoms with Crippen molar-refractivity contribution in [3.8, 4) is 0 Å². The third-order valence-corrected chi connectivity index (χ3v) is 10.5. The van der Waals surface area contributed by atoms with Crippen LogP contribution >= 0.6 is 11.6 Å². The van der Waals surface area contributed by atoms with Gasteiger partial charge >= 0.3 is 0 Å². The molecule has 1 atom stereocenters. The molecule has 1 aliphatic rings. The Morgan fingerprint density at radius 3 is 0.837 bits per heavy atom. The third kappa shape index (κ3) is 32.0. The van der Waals surface area contributed by atoms with Crippen molar-refractivity contribution in [1.82, 2.24) is 6.15 Å². The maximum absolute atomic E-state index is 7.22. The molecule has 0 bridgehead atoms. The van der Waals surface area contributed by atoms with Crippen molar-refractivity contribution in [2.45, 2.75) is 250 Å². The summed E-state index contributed by atoms with van der Waals surface area (Å²) in [6.07, 6.45) is 49.8. The fraction of sp³-hybridized carbons (Fsp3) is 1.00. The molecule has 0 aliphatic carbocycles. The average Bonchev–Trinajstić information content (AvgIpc) is 3.80. The number of unbranched alkanes of at least 4 members (excludes halogenated alkanes) is 30. The minimum atomic E-state index is 0. The van der Waals surface area contributed by atoms with Crippen LogP contribution in [0.25, 0.3) is 0 Å². The summed E-state index contributed by atoms with van der Waals surface area (Å²) in [5, 5.41) is 0. The van der Waals surface area contributed by atoms with Crippen molar-refractivity contribution in [1.29, 1.82) is 0 Å². The first-order valence-electron chi connectivity index (χ1n) is 20.0. The molecule has 1 unspecified atom stereocenters. The van der Waals surface area contributed by atoms with Crippen molar-refractivity contribution < 1.29 is 4.74 Å². The largest absolute Gasteiger partial charge is 0.373 e. The van der Waals surface area contributed by atoms with E-state index < -0.39 is 0 Å². The summed E-state index contributed by atoms with van der Waals surface area (Å²) >= 11 is 7.22. The number of halogens is 1. The lowest BCUT2D eigenvalue weighted by Gasteiger charge is -2.26. The van der Waals surface area contributed by atoms with Gasteiger partial charge in [0.25, 0.3) is 0 Å². The van der Waals surface area contributed by atoms with E-state index in [0.717, 1.165) is 13.0 Å². The lowest BCUT2D eigenvalue weighted by atomic mass is 9.89. The van der Waals surface area contributed by atoms with Gasteiger partial charge < -0.3 is 10.9 Å². The molecule has 1 saturated heterocycles. The number of hydrogen-bond donors (Lipinski definition) is 1. The lowest BCUT2D eigenvalue weighted by Crippen LogP contribution is -2.24. The Kier molecular flexibility index (Phi) is 33.7. The quantitative estimate of drug-likeness (QED) is 0.0426. The molecular weight excluding hydrogens is 546 g/mol. The predicted molar refractivity (Wildman–Crippen MR) is 196 cm³/mol. The first-order chi connectivity index (χ1) is 20.7. The number of epoxide rings is 1. The van der Waals surface area contributed by atoms with E-state index in [1.54, 1.807) is 0 Å². The van der Waals surface area contributed by atoms with Crippen LogP contribution in [0.2, 0.25) is 0 Å². The van der Waals surface area contributed by atoms with Gasteiger partial charge in [0.15, 0.2) is 0 Å². The van der Waals surface area contributed by atoms with E-state index in [9.17, 15) is 0 Å². The Morgan fingerprint density at radius 1 is 0.419 bits per heavy atom. The normalized spacial score (nSPS) is 14.7. The van der Waals surface area contributed by atoms with Crippen LogP contribution in [0, 0.1) is 0 Å². The minimum absolute atomic E-state index is 0. The van der Waals surface area contributed by atoms with Crippen LogP contribution in [0.15, 0.2) is 0 Å². The van der Waals surface area contributed by atoms with Crippen molar-refractivity contribution in [3.05, 3.63) is 0 Å². The summed E-state index contributed by atoms with van der Waals surface area (Å²) in [5.74, 6) is 0. The molecule has 1 fully saturated rings. The van der Waals surface area contributed by atoms with E-state index in [0.29, 0.717) is 6.10 Å². The average molecular weight is 629 g/mol. The van der Waals surface area contributed by atoms with Gasteiger partial charge in [-0.25, -0.2) is 0 Å². The highest BCUT2D eigenvalue weighted by Gasteiger charge is 2.35. The highest BCUT2D eigenvalue weighted by Crippen LogP contribution is 2.37. The molecule has 1 rings (SSSR count). The number of hydrogen-bond acceptors (Lipinski definition) is 2. The van der Waals surface area contributed by atoms with E-state index in [4.69, 9.17) is 16.3 Å². The Labute approximate surface area is 278 Å². The Hall–Kier alpha value is 0.210.